The lowest BCUT2D eigenvalue weighted by atomic mass is 10.1. The van der Waals surface area contributed by atoms with Crippen LogP contribution in [-0.4, -0.2) is 49.0 Å². The summed E-state index contributed by atoms with van der Waals surface area (Å²) >= 11 is 0. The molecule has 176 valence electrons. The van der Waals surface area contributed by atoms with Gasteiger partial charge in [0, 0.05) is 28.6 Å². The minimum absolute atomic E-state index is 0.279. The molecule has 4 heterocycles. The highest BCUT2D eigenvalue weighted by atomic mass is 16.5. The maximum atomic E-state index is 12.7. The van der Waals surface area contributed by atoms with Crippen molar-refractivity contribution >= 4 is 16.9 Å². The lowest BCUT2D eigenvalue weighted by Crippen LogP contribution is -2.14. The molecular formula is C26H24N6O3. The number of carbonyl (C=O) groups excluding carboxylic acids is 1. The first-order chi connectivity index (χ1) is 17.1. The molecule has 35 heavy (non-hydrogen) atoms. The predicted molar refractivity (Wildman–Crippen MR) is 130 cm³/mol. The number of benzene rings is 2. The van der Waals surface area contributed by atoms with Crippen molar-refractivity contribution in [2.75, 3.05) is 13.7 Å². The summed E-state index contributed by atoms with van der Waals surface area (Å²) in [5, 5.41) is 10.3. The standard InChI is InChI=1S/C26H24N6O3/c1-4-35-26(33)24-22-13-31-23(12-20-15(2)17-7-5-6-8-19(17)28-20)29-30-25(31)18-11-16(34-3)9-10-21(18)32(22)14-27-24/h5-11,14,28H,4,12-13H2,1-3H3. The molecule has 1 aliphatic rings. The Labute approximate surface area is 201 Å². The maximum Gasteiger partial charge on any atom is 0.358 e. The van der Waals surface area contributed by atoms with Crippen LogP contribution in [0.5, 0.6) is 5.75 Å². The highest BCUT2D eigenvalue weighted by molar-refractivity contribution is 5.89. The Bertz CT molecular complexity index is 1590. The van der Waals surface area contributed by atoms with E-state index in [2.05, 4.69) is 39.2 Å². The maximum absolute atomic E-state index is 12.7. The third-order valence-electron chi connectivity index (χ3n) is 6.58. The molecule has 0 saturated heterocycles. The van der Waals surface area contributed by atoms with Crippen LogP contribution in [0, 0.1) is 6.92 Å². The molecule has 1 N–H and O–H groups in total. The minimum Gasteiger partial charge on any atom is -0.497 e. The average Bonchev–Trinajstić information content (AvgIpc) is 3.54. The Hall–Kier alpha value is -4.40. The fraction of sp³-hybridized carbons (Fsp3) is 0.231. The van der Waals surface area contributed by atoms with Crippen LogP contribution in [0.25, 0.3) is 28.0 Å². The molecule has 0 bridgehead atoms. The fourth-order valence-corrected chi connectivity index (χ4v) is 4.79. The van der Waals surface area contributed by atoms with Gasteiger partial charge in [-0.1, -0.05) is 18.2 Å². The third-order valence-corrected chi connectivity index (χ3v) is 6.58. The first kappa shape index (κ1) is 21.2. The van der Waals surface area contributed by atoms with Crippen molar-refractivity contribution in [3.8, 4) is 22.8 Å². The smallest absolute Gasteiger partial charge is 0.358 e. The molecule has 0 atom stereocenters. The van der Waals surface area contributed by atoms with Crippen LogP contribution in [-0.2, 0) is 17.7 Å². The normalized spacial score (nSPS) is 12.1. The van der Waals surface area contributed by atoms with Gasteiger partial charge in [-0.25, -0.2) is 9.78 Å². The summed E-state index contributed by atoms with van der Waals surface area (Å²) in [5.74, 6) is 1.76. The van der Waals surface area contributed by atoms with Crippen LogP contribution < -0.4 is 4.74 Å². The molecule has 9 heteroatoms. The van der Waals surface area contributed by atoms with Crippen LogP contribution in [0.15, 0.2) is 48.8 Å². The van der Waals surface area contributed by atoms with Gasteiger partial charge >= 0.3 is 5.97 Å². The summed E-state index contributed by atoms with van der Waals surface area (Å²) in [7, 11) is 1.63. The van der Waals surface area contributed by atoms with E-state index in [9.17, 15) is 4.79 Å². The van der Waals surface area contributed by atoms with Gasteiger partial charge in [-0.05, 0) is 43.7 Å². The van der Waals surface area contributed by atoms with Gasteiger partial charge in [-0.3, -0.25) is 4.57 Å². The largest absolute Gasteiger partial charge is 0.497 e. The Morgan fingerprint density at radius 2 is 2.03 bits per heavy atom. The van der Waals surface area contributed by atoms with E-state index in [4.69, 9.17) is 9.47 Å². The summed E-state index contributed by atoms with van der Waals surface area (Å²) in [6.45, 7) is 4.55. The molecule has 0 unspecified atom stereocenters. The molecule has 0 spiro atoms. The minimum atomic E-state index is -0.444. The molecule has 3 aromatic heterocycles. The van der Waals surface area contributed by atoms with Crippen molar-refractivity contribution in [1.82, 2.24) is 29.3 Å². The number of imidazole rings is 1. The highest BCUT2D eigenvalue weighted by Gasteiger charge is 2.29. The number of aromatic amines is 1. The quantitative estimate of drug-likeness (QED) is 0.383. The number of ether oxygens (including phenoxy) is 2. The summed E-state index contributed by atoms with van der Waals surface area (Å²) in [4.78, 5) is 20.6. The number of para-hydroxylation sites is 1. The van der Waals surface area contributed by atoms with E-state index in [-0.39, 0.29) is 6.61 Å². The highest BCUT2D eigenvalue weighted by Crippen LogP contribution is 2.35. The lowest BCUT2D eigenvalue weighted by molar-refractivity contribution is 0.0518. The van der Waals surface area contributed by atoms with Gasteiger partial charge in [0.15, 0.2) is 11.5 Å². The number of nitrogens with one attached hydrogen (secondary N) is 1. The van der Waals surface area contributed by atoms with Crippen LogP contribution in [0.3, 0.4) is 0 Å². The number of esters is 1. The van der Waals surface area contributed by atoms with Crippen LogP contribution >= 0.6 is 0 Å². The molecule has 9 nitrogen and oxygen atoms in total. The second-order valence-corrected chi connectivity index (χ2v) is 8.49. The molecule has 6 rings (SSSR count). The van der Waals surface area contributed by atoms with E-state index >= 15 is 0 Å². The number of hydrogen-bond acceptors (Lipinski definition) is 6. The second-order valence-electron chi connectivity index (χ2n) is 8.49. The number of carbonyl (C=O) groups is 1. The monoisotopic (exact) mass is 468 g/mol. The van der Waals surface area contributed by atoms with Crippen LogP contribution in [0.1, 0.15) is 40.2 Å². The number of aromatic nitrogens is 6. The molecule has 0 fully saturated rings. The first-order valence-corrected chi connectivity index (χ1v) is 11.5. The molecule has 2 aromatic carbocycles. The number of hydrogen-bond donors (Lipinski definition) is 1. The van der Waals surface area contributed by atoms with Crippen molar-refractivity contribution in [2.24, 2.45) is 0 Å². The number of rotatable bonds is 5. The van der Waals surface area contributed by atoms with E-state index in [0.717, 1.165) is 34.0 Å². The number of nitrogens with zero attached hydrogens (tertiary/aromatic N) is 5. The van der Waals surface area contributed by atoms with E-state index in [1.54, 1.807) is 20.4 Å². The first-order valence-electron chi connectivity index (χ1n) is 11.5. The number of aryl methyl sites for hydroxylation is 1. The van der Waals surface area contributed by atoms with E-state index in [1.807, 2.05) is 39.5 Å². The second kappa shape index (κ2) is 8.12. The van der Waals surface area contributed by atoms with Gasteiger partial charge < -0.3 is 19.0 Å². The Balaban J connectivity index is 1.52. The van der Waals surface area contributed by atoms with Gasteiger partial charge in [0.2, 0.25) is 0 Å². The SMILES string of the molecule is CCOC(=O)c1ncn2c1Cn1c(Cc3[nH]c4ccccc4c3C)nnc1-c1cc(OC)ccc1-2. The van der Waals surface area contributed by atoms with E-state index in [1.165, 1.54) is 10.9 Å². The van der Waals surface area contributed by atoms with Crippen molar-refractivity contribution in [1.29, 1.82) is 0 Å². The number of fused-ring (bicyclic) bond motifs is 6. The van der Waals surface area contributed by atoms with Crippen molar-refractivity contribution in [3.05, 3.63) is 77.3 Å². The number of H-pyrrole nitrogens is 1. The van der Waals surface area contributed by atoms with Gasteiger partial charge in [-0.2, -0.15) is 0 Å². The van der Waals surface area contributed by atoms with Crippen molar-refractivity contribution in [2.45, 2.75) is 26.8 Å². The van der Waals surface area contributed by atoms with Gasteiger partial charge in [-0.15, -0.1) is 10.2 Å². The van der Waals surface area contributed by atoms with Crippen molar-refractivity contribution < 1.29 is 14.3 Å². The molecule has 1 aliphatic heterocycles. The topological polar surface area (TPSA) is 99.9 Å². The fourth-order valence-electron chi connectivity index (χ4n) is 4.79. The molecule has 0 radical (unpaired) electrons. The molecule has 0 amide bonds. The molecule has 0 aliphatic carbocycles. The molecular weight excluding hydrogens is 444 g/mol. The Morgan fingerprint density at radius 1 is 1.17 bits per heavy atom. The van der Waals surface area contributed by atoms with Gasteiger partial charge in [0.1, 0.15) is 17.9 Å². The molecule has 5 aromatic rings. The number of methoxy groups -OCH3 is 1. The zero-order valence-electron chi connectivity index (χ0n) is 19.7. The lowest BCUT2D eigenvalue weighted by Gasteiger charge is -2.10. The van der Waals surface area contributed by atoms with Crippen LogP contribution in [0.2, 0.25) is 0 Å². The zero-order valence-corrected chi connectivity index (χ0v) is 19.7. The summed E-state index contributed by atoms with van der Waals surface area (Å²) < 4.78 is 14.7. The third kappa shape index (κ3) is 3.30. The van der Waals surface area contributed by atoms with Crippen molar-refractivity contribution in [3.63, 3.8) is 0 Å². The summed E-state index contributed by atoms with van der Waals surface area (Å²) in [5.41, 5.74) is 6.08. The van der Waals surface area contributed by atoms with Crippen LogP contribution in [0.4, 0.5) is 0 Å². The summed E-state index contributed by atoms with van der Waals surface area (Å²) in [6, 6.07) is 14.0. The zero-order chi connectivity index (χ0) is 24.1. The van der Waals surface area contributed by atoms with Gasteiger partial charge in [0.25, 0.3) is 0 Å². The Morgan fingerprint density at radius 3 is 2.83 bits per heavy atom. The Kier molecular flexibility index (Phi) is 4.91. The summed E-state index contributed by atoms with van der Waals surface area (Å²) in [6.07, 6.45) is 2.23. The average molecular weight is 469 g/mol. The molecule has 0 saturated carbocycles. The van der Waals surface area contributed by atoms with E-state index < -0.39 is 5.97 Å². The van der Waals surface area contributed by atoms with E-state index in [0.29, 0.717) is 30.2 Å². The predicted octanol–water partition coefficient (Wildman–Crippen LogP) is 4.06. The van der Waals surface area contributed by atoms with Gasteiger partial charge in [0.05, 0.1) is 31.6 Å².